The third-order valence-electron chi connectivity index (χ3n) is 6.02. The maximum Gasteiger partial charge on any atom is 0.155 e. The van der Waals surface area contributed by atoms with Crippen molar-refractivity contribution in [1.82, 2.24) is 19.3 Å². The molecular formula is C26H23N5O. The minimum Gasteiger partial charge on any atom is -0.374 e. The molecule has 0 radical (unpaired) electrons. The fourth-order valence-corrected chi connectivity index (χ4v) is 4.01. The molecule has 0 saturated carbocycles. The number of rotatable bonds is 4. The number of aliphatic hydroxyl groups is 1. The van der Waals surface area contributed by atoms with Crippen LogP contribution in [0.15, 0.2) is 78.8 Å². The van der Waals surface area contributed by atoms with Gasteiger partial charge in [-0.1, -0.05) is 48.0 Å². The third-order valence-corrected chi connectivity index (χ3v) is 6.02. The van der Waals surface area contributed by atoms with Crippen LogP contribution in [0.25, 0.3) is 28.2 Å². The molecule has 0 saturated heterocycles. The summed E-state index contributed by atoms with van der Waals surface area (Å²) in [6.07, 6.45) is 8.10. The van der Waals surface area contributed by atoms with Crippen LogP contribution in [0.4, 0.5) is 0 Å². The highest BCUT2D eigenvalue weighted by Crippen LogP contribution is 2.27. The Morgan fingerprint density at radius 2 is 1.75 bits per heavy atom. The Kier molecular flexibility index (Phi) is 5.28. The molecule has 3 heterocycles. The molecule has 0 aliphatic carbocycles. The van der Waals surface area contributed by atoms with Gasteiger partial charge in [0.15, 0.2) is 5.65 Å². The van der Waals surface area contributed by atoms with E-state index in [9.17, 15) is 5.11 Å². The van der Waals surface area contributed by atoms with Gasteiger partial charge in [-0.3, -0.25) is 14.3 Å². The van der Waals surface area contributed by atoms with Crippen LogP contribution in [0.5, 0.6) is 0 Å². The zero-order valence-corrected chi connectivity index (χ0v) is 17.8. The van der Waals surface area contributed by atoms with Crippen molar-refractivity contribution in [1.29, 1.82) is 5.26 Å². The third kappa shape index (κ3) is 3.80. The first kappa shape index (κ1) is 20.1. The first-order valence-electron chi connectivity index (χ1n) is 10.6. The van der Waals surface area contributed by atoms with Crippen molar-refractivity contribution in [2.45, 2.75) is 19.6 Å². The second-order valence-corrected chi connectivity index (χ2v) is 8.12. The van der Waals surface area contributed by atoms with Gasteiger partial charge in [-0.25, -0.2) is 4.98 Å². The summed E-state index contributed by atoms with van der Waals surface area (Å²) >= 11 is 0. The molecule has 1 aliphatic rings. The smallest absolute Gasteiger partial charge is 0.155 e. The SMILES string of the molecule is CC1=CCN(C(O)c2ccc(-c3cn4c(-c5ccc(C#N)cc5)cnc4cn3)cc2)CC1. The van der Waals surface area contributed by atoms with Gasteiger partial charge in [0.1, 0.15) is 6.23 Å². The molecule has 158 valence electrons. The molecule has 6 nitrogen and oxygen atoms in total. The maximum absolute atomic E-state index is 10.8. The molecule has 1 atom stereocenters. The van der Waals surface area contributed by atoms with E-state index in [1.165, 1.54) is 5.57 Å². The van der Waals surface area contributed by atoms with Crippen LogP contribution < -0.4 is 0 Å². The van der Waals surface area contributed by atoms with Crippen molar-refractivity contribution in [3.63, 3.8) is 0 Å². The van der Waals surface area contributed by atoms with Gasteiger partial charge in [-0.15, -0.1) is 0 Å². The minimum absolute atomic E-state index is 0.611. The summed E-state index contributed by atoms with van der Waals surface area (Å²) < 4.78 is 2.01. The van der Waals surface area contributed by atoms with Crippen LogP contribution in [0.3, 0.4) is 0 Å². The van der Waals surface area contributed by atoms with Gasteiger partial charge >= 0.3 is 0 Å². The summed E-state index contributed by atoms with van der Waals surface area (Å²) in [5, 5.41) is 19.8. The van der Waals surface area contributed by atoms with E-state index >= 15 is 0 Å². The molecule has 1 N–H and O–H groups in total. The number of benzene rings is 2. The summed E-state index contributed by atoms with van der Waals surface area (Å²) in [5.74, 6) is 0. The van der Waals surface area contributed by atoms with Crippen molar-refractivity contribution in [2.24, 2.45) is 0 Å². The molecule has 2 aromatic carbocycles. The molecule has 1 unspecified atom stereocenters. The lowest BCUT2D eigenvalue weighted by Crippen LogP contribution is -2.32. The van der Waals surface area contributed by atoms with E-state index in [2.05, 4.69) is 33.9 Å². The topological polar surface area (TPSA) is 77.5 Å². The number of nitrogens with zero attached hydrogens (tertiary/aromatic N) is 5. The lowest BCUT2D eigenvalue weighted by molar-refractivity contribution is 0.00755. The van der Waals surface area contributed by atoms with Gasteiger partial charge < -0.3 is 5.11 Å². The first-order valence-corrected chi connectivity index (χ1v) is 10.6. The number of aromatic nitrogens is 3. The predicted octanol–water partition coefficient (Wildman–Crippen LogP) is 4.58. The lowest BCUT2D eigenvalue weighted by atomic mass is 10.1. The quantitative estimate of drug-likeness (QED) is 0.488. The highest BCUT2D eigenvalue weighted by Gasteiger charge is 2.19. The van der Waals surface area contributed by atoms with Crippen molar-refractivity contribution in [2.75, 3.05) is 13.1 Å². The maximum atomic E-state index is 10.8. The number of hydrogen-bond acceptors (Lipinski definition) is 5. The Hall–Kier alpha value is -3.79. The number of nitriles is 1. The van der Waals surface area contributed by atoms with Gasteiger partial charge in [0.05, 0.1) is 35.4 Å². The van der Waals surface area contributed by atoms with Crippen LogP contribution >= 0.6 is 0 Å². The van der Waals surface area contributed by atoms with E-state index in [0.29, 0.717) is 5.56 Å². The van der Waals surface area contributed by atoms with Crippen LogP contribution in [0.1, 0.15) is 30.7 Å². The number of hydrogen-bond donors (Lipinski definition) is 1. The van der Waals surface area contributed by atoms with E-state index in [-0.39, 0.29) is 0 Å². The van der Waals surface area contributed by atoms with E-state index in [4.69, 9.17) is 5.26 Å². The molecule has 0 amide bonds. The molecule has 0 bridgehead atoms. The normalized spacial score (nSPS) is 15.3. The highest BCUT2D eigenvalue weighted by molar-refractivity contribution is 5.67. The zero-order chi connectivity index (χ0) is 22.1. The molecule has 2 aromatic heterocycles. The van der Waals surface area contributed by atoms with Crippen LogP contribution in [0, 0.1) is 11.3 Å². The van der Waals surface area contributed by atoms with Crippen molar-refractivity contribution >= 4 is 5.65 Å². The summed E-state index contributed by atoms with van der Waals surface area (Å²) in [6, 6.07) is 17.5. The standard InChI is InChI=1S/C26H23N5O/c1-18-10-12-30(13-11-18)26(32)22-8-6-20(7-9-22)23-17-31-24(15-29-25(31)16-28-23)21-4-2-19(14-27)3-5-21/h2-10,15-17,26,32H,11-13H2,1H3. The van der Waals surface area contributed by atoms with Gasteiger partial charge in [-0.05, 0) is 31.0 Å². The molecule has 1 aliphatic heterocycles. The average Bonchev–Trinajstić information content (AvgIpc) is 3.27. The van der Waals surface area contributed by atoms with Crippen LogP contribution in [-0.2, 0) is 0 Å². The monoisotopic (exact) mass is 421 g/mol. The van der Waals surface area contributed by atoms with Crippen molar-refractivity contribution < 1.29 is 5.11 Å². The highest BCUT2D eigenvalue weighted by atomic mass is 16.3. The fourth-order valence-electron chi connectivity index (χ4n) is 4.01. The van der Waals surface area contributed by atoms with Gasteiger partial charge in [0, 0.05) is 30.4 Å². The minimum atomic E-state index is -0.611. The van der Waals surface area contributed by atoms with E-state index in [1.54, 1.807) is 18.3 Å². The Labute approximate surface area is 186 Å². The van der Waals surface area contributed by atoms with Gasteiger partial charge in [-0.2, -0.15) is 5.26 Å². The summed E-state index contributed by atoms with van der Waals surface area (Å²) in [6.45, 7) is 3.77. The van der Waals surface area contributed by atoms with Gasteiger partial charge in [0.2, 0.25) is 0 Å². The van der Waals surface area contributed by atoms with E-state index < -0.39 is 6.23 Å². The number of aliphatic hydroxyl groups excluding tert-OH is 1. The Bertz CT molecular complexity index is 1330. The Morgan fingerprint density at radius 3 is 2.44 bits per heavy atom. The van der Waals surface area contributed by atoms with E-state index in [0.717, 1.165) is 53.2 Å². The fraction of sp³-hybridized carbons (Fsp3) is 0.192. The Balaban J connectivity index is 1.42. The lowest BCUT2D eigenvalue weighted by Gasteiger charge is -2.30. The molecule has 32 heavy (non-hydrogen) atoms. The zero-order valence-electron chi connectivity index (χ0n) is 17.8. The molecule has 6 heteroatoms. The van der Waals surface area contributed by atoms with Crippen molar-refractivity contribution in [3.8, 4) is 28.6 Å². The first-order chi connectivity index (χ1) is 15.6. The van der Waals surface area contributed by atoms with Crippen molar-refractivity contribution in [3.05, 3.63) is 89.9 Å². The molecule has 0 spiro atoms. The summed E-state index contributed by atoms with van der Waals surface area (Å²) in [5.41, 5.74) is 7.36. The molecule has 4 aromatic rings. The molecular weight excluding hydrogens is 398 g/mol. The molecule has 5 rings (SSSR count). The molecule has 0 fully saturated rings. The second kappa shape index (κ2) is 8.39. The predicted molar refractivity (Wildman–Crippen MR) is 123 cm³/mol. The van der Waals surface area contributed by atoms with Gasteiger partial charge in [0.25, 0.3) is 0 Å². The largest absolute Gasteiger partial charge is 0.374 e. The second-order valence-electron chi connectivity index (χ2n) is 8.12. The Morgan fingerprint density at radius 1 is 1.00 bits per heavy atom. The number of fused-ring (bicyclic) bond motifs is 1. The van der Waals surface area contributed by atoms with Crippen LogP contribution in [-0.4, -0.2) is 37.5 Å². The summed E-state index contributed by atoms with van der Waals surface area (Å²) in [7, 11) is 0. The average molecular weight is 422 g/mol. The number of imidazole rings is 1. The van der Waals surface area contributed by atoms with E-state index in [1.807, 2.05) is 53.2 Å². The summed E-state index contributed by atoms with van der Waals surface area (Å²) in [4.78, 5) is 11.1. The van der Waals surface area contributed by atoms with Crippen LogP contribution in [0.2, 0.25) is 0 Å².